The molecular weight excluding hydrogens is 320 g/mol. The number of para-hydroxylation sites is 1. The summed E-state index contributed by atoms with van der Waals surface area (Å²) in [7, 11) is 1.56. The minimum absolute atomic E-state index is 0.156. The van der Waals surface area contributed by atoms with Crippen LogP contribution in [-0.2, 0) is 9.53 Å². The Hall–Kier alpha value is -2.08. The van der Waals surface area contributed by atoms with Crippen molar-refractivity contribution < 1.29 is 23.7 Å². The molecule has 6 nitrogen and oxygen atoms in total. The highest BCUT2D eigenvalue weighted by molar-refractivity contribution is 5.96. The lowest BCUT2D eigenvalue weighted by Crippen LogP contribution is -2.65. The number of hydrogen-bond acceptors (Lipinski definition) is 4. The van der Waals surface area contributed by atoms with E-state index in [4.69, 9.17) is 9.47 Å². The number of piperidine rings is 1. The molecule has 0 bridgehead atoms. The van der Waals surface area contributed by atoms with E-state index in [0.29, 0.717) is 22.4 Å². The van der Waals surface area contributed by atoms with Gasteiger partial charge in [0.2, 0.25) is 0 Å². The average molecular weight is 349 g/mol. The Labute approximate surface area is 149 Å². The molecule has 1 N–H and O–H groups in total. The van der Waals surface area contributed by atoms with Crippen LogP contribution in [0.3, 0.4) is 0 Å². The van der Waals surface area contributed by atoms with Crippen molar-refractivity contribution in [3.8, 4) is 5.75 Å². The van der Waals surface area contributed by atoms with Crippen LogP contribution in [0, 0.1) is 0 Å². The molecule has 0 saturated carbocycles. The number of esters is 1. The Morgan fingerprint density at radius 3 is 2.48 bits per heavy atom. The zero-order chi connectivity index (χ0) is 18.3. The topological polar surface area (TPSA) is 64.6 Å². The predicted octanol–water partition coefficient (Wildman–Crippen LogP) is 2.68. The molecule has 1 aromatic carbocycles. The van der Waals surface area contributed by atoms with Gasteiger partial charge in [-0.05, 0) is 37.8 Å². The van der Waals surface area contributed by atoms with Gasteiger partial charge in [-0.25, -0.2) is 4.59 Å². The van der Waals surface area contributed by atoms with Crippen molar-refractivity contribution in [2.75, 3.05) is 26.7 Å². The van der Waals surface area contributed by atoms with E-state index in [0.717, 1.165) is 38.8 Å². The third-order valence-corrected chi connectivity index (χ3v) is 4.70. The number of likely N-dealkylation sites (tertiary alicyclic amines) is 1. The Kier molecular flexibility index (Phi) is 6.82. The summed E-state index contributed by atoms with van der Waals surface area (Å²) in [6.07, 6.45) is 3.78. The van der Waals surface area contributed by atoms with Crippen LogP contribution in [0.1, 0.15) is 49.9 Å². The highest BCUT2D eigenvalue weighted by Crippen LogP contribution is 2.22. The van der Waals surface area contributed by atoms with Gasteiger partial charge in [0.15, 0.2) is 6.10 Å². The monoisotopic (exact) mass is 349 g/mol. The maximum atomic E-state index is 12.9. The Balaban J connectivity index is 2.19. The summed E-state index contributed by atoms with van der Waals surface area (Å²) in [5.41, 5.74) is 3.71. The van der Waals surface area contributed by atoms with Crippen molar-refractivity contribution in [3.63, 3.8) is 0 Å². The van der Waals surface area contributed by atoms with Gasteiger partial charge in [-0.3, -0.25) is 9.59 Å². The molecule has 1 amide bonds. The molecule has 0 spiro atoms. The van der Waals surface area contributed by atoms with Gasteiger partial charge in [0.25, 0.3) is 5.91 Å². The van der Waals surface area contributed by atoms with Crippen LogP contribution in [0.2, 0.25) is 0 Å². The highest BCUT2D eigenvalue weighted by Gasteiger charge is 2.36. The molecule has 2 rings (SSSR count). The van der Waals surface area contributed by atoms with E-state index in [1.807, 2.05) is 19.1 Å². The summed E-state index contributed by atoms with van der Waals surface area (Å²) < 4.78 is 11.2. The van der Waals surface area contributed by atoms with E-state index in [1.165, 1.54) is 6.92 Å². The quantitative estimate of drug-likeness (QED) is 0.607. The van der Waals surface area contributed by atoms with Crippen LogP contribution in [0.5, 0.6) is 5.75 Å². The van der Waals surface area contributed by atoms with Gasteiger partial charge in [0.1, 0.15) is 25.4 Å². The summed E-state index contributed by atoms with van der Waals surface area (Å²) >= 11 is 0. The number of nitrogens with one attached hydrogen (secondary N) is 1. The molecule has 1 aliphatic rings. The number of hydrogen-bond donors (Lipinski definition) is 1. The number of rotatable bonds is 7. The minimum atomic E-state index is -0.280. The maximum Gasteiger partial charge on any atom is 0.303 e. The summed E-state index contributed by atoms with van der Waals surface area (Å²) in [5, 5.41) is 0. The Morgan fingerprint density at radius 1 is 1.20 bits per heavy atom. The lowest BCUT2D eigenvalue weighted by Gasteiger charge is -2.41. The van der Waals surface area contributed by atoms with Crippen molar-refractivity contribution in [2.45, 2.75) is 45.6 Å². The summed E-state index contributed by atoms with van der Waals surface area (Å²) in [5.74, 6) is 0.122. The van der Waals surface area contributed by atoms with Crippen molar-refractivity contribution in [1.29, 1.82) is 0 Å². The fourth-order valence-corrected chi connectivity index (χ4v) is 3.44. The molecule has 0 aromatic heterocycles. The first-order chi connectivity index (χ1) is 12.0. The molecule has 6 heteroatoms. The van der Waals surface area contributed by atoms with Gasteiger partial charge in [-0.2, -0.15) is 5.43 Å². The SMILES string of the molecule is CCC(C[N+]1(NC(=O)c2ccccc2OC)CCCCC1)OC(C)=O. The molecule has 1 unspecified atom stereocenters. The Morgan fingerprint density at radius 2 is 1.88 bits per heavy atom. The third-order valence-electron chi connectivity index (χ3n) is 4.70. The van der Waals surface area contributed by atoms with Gasteiger partial charge >= 0.3 is 5.97 Å². The van der Waals surface area contributed by atoms with E-state index < -0.39 is 0 Å². The second-order valence-electron chi connectivity index (χ2n) is 6.62. The summed E-state index contributed by atoms with van der Waals surface area (Å²) in [6, 6.07) is 7.21. The Bertz CT molecular complexity index is 597. The fraction of sp³-hybridized carbons (Fsp3) is 0.579. The summed E-state index contributed by atoms with van der Waals surface area (Å²) in [6.45, 7) is 5.71. The first-order valence-electron chi connectivity index (χ1n) is 8.98. The van der Waals surface area contributed by atoms with Crippen LogP contribution in [-0.4, -0.2) is 49.3 Å². The molecule has 1 heterocycles. The lowest BCUT2D eigenvalue weighted by atomic mass is 10.1. The number of quaternary nitrogens is 1. The van der Waals surface area contributed by atoms with Crippen LogP contribution < -0.4 is 10.2 Å². The number of carbonyl (C=O) groups is 2. The summed E-state index contributed by atoms with van der Waals surface area (Å²) in [4.78, 5) is 24.2. The minimum Gasteiger partial charge on any atom is -0.496 e. The molecular formula is C19H29N2O4+. The number of amides is 1. The fourth-order valence-electron chi connectivity index (χ4n) is 3.44. The van der Waals surface area contributed by atoms with Crippen molar-refractivity contribution in [3.05, 3.63) is 29.8 Å². The van der Waals surface area contributed by atoms with Gasteiger partial charge in [-0.1, -0.05) is 19.1 Å². The van der Waals surface area contributed by atoms with Crippen LogP contribution in [0.4, 0.5) is 0 Å². The van der Waals surface area contributed by atoms with E-state index in [9.17, 15) is 9.59 Å². The zero-order valence-electron chi connectivity index (χ0n) is 15.4. The molecule has 1 fully saturated rings. The van der Waals surface area contributed by atoms with Crippen molar-refractivity contribution >= 4 is 11.9 Å². The van der Waals surface area contributed by atoms with Crippen LogP contribution >= 0.6 is 0 Å². The largest absolute Gasteiger partial charge is 0.496 e. The van der Waals surface area contributed by atoms with Crippen LogP contribution in [0.25, 0.3) is 0 Å². The average Bonchev–Trinajstić information content (AvgIpc) is 2.61. The number of nitrogens with zero attached hydrogens (tertiary/aromatic N) is 1. The van der Waals surface area contributed by atoms with Gasteiger partial charge in [0, 0.05) is 6.92 Å². The number of ether oxygens (including phenoxy) is 2. The van der Waals surface area contributed by atoms with E-state index >= 15 is 0 Å². The number of carbonyl (C=O) groups excluding carboxylic acids is 2. The molecule has 1 aliphatic heterocycles. The first-order valence-corrected chi connectivity index (χ1v) is 8.98. The van der Waals surface area contributed by atoms with Crippen molar-refractivity contribution in [1.82, 2.24) is 5.43 Å². The lowest BCUT2D eigenvalue weighted by molar-refractivity contribution is -0.967. The molecule has 0 aliphatic carbocycles. The van der Waals surface area contributed by atoms with Gasteiger partial charge < -0.3 is 9.47 Å². The van der Waals surface area contributed by atoms with Crippen molar-refractivity contribution in [2.24, 2.45) is 0 Å². The molecule has 1 atom stereocenters. The number of benzene rings is 1. The highest BCUT2D eigenvalue weighted by atomic mass is 16.5. The normalized spacial score (nSPS) is 17.4. The molecule has 1 saturated heterocycles. The second kappa shape index (κ2) is 8.85. The molecule has 25 heavy (non-hydrogen) atoms. The first kappa shape index (κ1) is 19.2. The maximum absolute atomic E-state index is 12.9. The van der Waals surface area contributed by atoms with E-state index in [-0.39, 0.29) is 18.0 Å². The number of methoxy groups -OCH3 is 1. The zero-order valence-corrected chi connectivity index (χ0v) is 15.4. The second-order valence-corrected chi connectivity index (χ2v) is 6.62. The molecule has 1 aromatic rings. The van der Waals surface area contributed by atoms with E-state index in [1.54, 1.807) is 19.2 Å². The van der Waals surface area contributed by atoms with Gasteiger partial charge in [-0.15, -0.1) is 0 Å². The third kappa shape index (κ3) is 5.19. The molecule has 138 valence electrons. The standard InChI is InChI=1S/C19H28N2O4/c1-4-16(25-15(2)22)14-21(12-8-5-9-13-21)20-19(23)17-10-6-7-11-18(17)24-3/h6-7,10-11,16H,4-5,8-9,12-14H2,1-3H3/p+1. The predicted molar refractivity (Wildman–Crippen MR) is 95.0 cm³/mol. The van der Waals surface area contributed by atoms with E-state index in [2.05, 4.69) is 5.43 Å². The smallest absolute Gasteiger partial charge is 0.303 e. The molecule has 0 radical (unpaired) electrons. The van der Waals surface area contributed by atoms with Crippen LogP contribution in [0.15, 0.2) is 24.3 Å². The van der Waals surface area contributed by atoms with Gasteiger partial charge in [0.05, 0.1) is 12.7 Å².